The summed E-state index contributed by atoms with van der Waals surface area (Å²) in [6, 6.07) is 100. The van der Waals surface area contributed by atoms with Crippen LogP contribution >= 0.6 is 20.1 Å². The molecule has 76 heavy (non-hydrogen) atoms. The molecule has 15 rings (SSSR count). The predicted molar refractivity (Wildman–Crippen MR) is 309 cm³/mol. The molecule has 13 aromatic rings. The average molecular weight is 1020 g/mol. The number of benzene rings is 11. The van der Waals surface area contributed by atoms with Crippen LogP contribution < -0.4 is 9.80 Å². The number of rotatable bonds is 8. The molecule has 8 heteroatoms. The van der Waals surface area contributed by atoms with Gasteiger partial charge in [0.25, 0.3) is 0 Å². The summed E-state index contributed by atoms with van der Waals surface area (Å²) in [5.74, 6) is 0.988. The third-order valence-electron chi connectivity index (χ3n) is 14.8. The molecule has 0 bridgehead atoms. The van der Waals surface area contributed by atoms with Crippen LogP contribution in [0.25, 0.3) is 45.1 Å². The van der Waals surface area contributed by atoms with Crippen LogP contribution in [-0.4, -0.2) is 9.97 Å². The summed E-state index contributed by atoms with van der Waals surface area (Å²) in [6.07, 6.45) is 0. The Morgan fingerprint density at radius 3 is 0.776 bits per heavy atom. The first-order valence-electron chi connectivity index (χ1n) is 25.5. The van der Waals surface area contributed by atoms with Gasteiger partial charge in [-0.05, 0) is 121 Å². The second-order valence-corrected chi connectivity index (χ2v) is 24.9. The molecular weight excluding hydrogens is 969 g/mol. The van der Waals surface area contributed by atoms with Gasteiger partial charge in [-0.15, -0.1) is 20.1 Å². The van der Waals surface area contributed by atoms with Crippen molar-refractivity contribution in [2.24, 2.45) is 0 Å². The lowest BCUT2D eigenvalue weighted by molar-refractivity contribution is 0.618. The quantitative estimate of drug-likeness (QED) is 0.151. The number of hydrogen-bond acceptors (Lipinski definition) is 6. The van der Waals surface area contributed by atoms with Crippen molar-refractivity contribution in [3.8, 4) is 22.9 Å². The van der Waals surface area contributed by atoms with E-state index in [0.29, 0.717) is 34.0 Å². The van der Waals surface area contributed by atoms with Gasteiger partial charge in [0.15, 0.2) is 11.2 Å². The molecule has 0 aliphatic carbocycles. The molecule has 0 N–H and O–H groups in total. The molecule has 2 aromatic heterocycles. The highest BCUT2D eigenvalue weighted by molar-refractivity contribution is 8.34. The van der Waals surface area contributed by atoms with E-state index in [4.69, 9.17) is 18.8 Å². The monoisotopic (exact) mass is 1010 g/mol. The number of para-hydroxylation sites is 4. The highest BCUT2D eigenvalue weighted by Crippen LogP contribution is 2.81. The molecule has 2 aliphatic rings. The van der Waals surface area contributed by atoms with Crippen LogP contribution in [-0.2, 0) is 0 Å². The van der Waals surface area contributed by atoms with E-state index >= 15 is 0 Å². The summed E-state index contributed by atoms with van der Waals surface area (Å²) in [5.41, 5.74) is 9.77. The van der Waals surface area contributed by atoms with Crippen molar-refractivity contribution >= 4 is 76.4 Å². The van der Waals surface area contributed by atoms with Crippen molar-refractivity contribution < 1.29 is 8.83 Å². The van der Waals surface area contributed by atoms with E-state index in [2.05, 4.69) is 252 Å². The van der Waals surface area contributed by atoms with Gasteiger partial charge in [-0.25, -0.2) is 9.97 Å². The van der Waals surface area contributed by atoms with Gasteiger partial charge in [-0.2, -0.15) is 0 Å². The maximum Gasteiger partial charge on any atom is 0.227 e. The Morgan fingerprint density at radius 2 is 0.500 bits per heavy atom. The van der Waals surface area contributed by atoms with Gasteiger partial charge < -0.3 is 18.6 Å². The molecule has 0 radical (unpaired) electrons. The predicted octanol–water partition coefficient (Wildman–Crippen LogP) is 19.6. The van der Waals surface area contributed by atoms with E-state index in [1.165, 1.54) is 39.2 Å². The molecule has 0 amide bonds. The number of aromatic nitrogens is 2. The summed E-state index contributed by atoms with van der Waals surface area (Å²) < 4.78 is 14.9. The third-order valence-corrected chi connectivity index (χ3v) is 22.7. The first-order chi connectivity index (χ1) is 37.7. The van der Waals surface area contributed by atoms with Crippen molar-refractivity contribution in [2.75, 3.05) is 9.80 Å². The average Bonchev–Trinajstić information content (AvgIpc) is 4.23. The van der Waals surface area contributed by atoms with Gasteiger partial charge in [0, 0.05) is 50.3 Å². The number of fused-ring (bicyclic) bond motifs is 6. The maximum atomic E-state index is 7.45. The van der Waals surface area contributed by atoms with E-state index in [1.54, 1.807) is 0 Å². The number of oxazole rings is 2. The zero-order chi connectivity index (χ0) is 50.2. The molecule has 362 valence electrons. The Kier molecular flexibility index (Phi) is 10.3. The minimum absolute atomic E-state index is 0.494. The topological polar surface area (TPSA) is 58.5 Å². The van der Waals surface area contributed by atoms with Crippen LogP contribution in [0.1, 0.15) is 0 Å². The second kappa shape index (κ2) is 17.7. The molecule has 0 saturated carbocycles. The first kappa shape index (κ1) is 44.2. The molecule has 0 atom stereocenters. The Hall–Kier alpha value is -9.34. The smallest absolute Gasteiger partial charge is 0.227 e. The van der Waals surface area contributed by atoms with Crippen molar-refractivity contribution in [3.05, 3.63) is 279 Å². The van der Waals surface area contributed by atoms with E-state index in [1.807, 2.05) is 36.4 Å². The highest BCUT2D eigenvalue weighted by Gasteiger charge is 2.47. The maximum absolute atomic E-state index is 7.45. The van der Waals surface area contributed by atoms with Gasteiger partial charge >= 0.3 is 0 Å². The van der Waals surface area contributed by atoms with Crippen LogP contribution in [0.3, 0.4) is 0 Å². The molecule has 4 heterocycles. The fourth-order valence-electron chi connectivity index (χ4n) is 11.7. The van der Waals surface area contributed by atoms with E-state index in [0.717, 1.165) is 45.3 Å². The molecule has 0 fully saturated rings. The van der Waals surface area contributed by atoms with Crippen molar-refractivity contribution in [1.29, 1.82) is 0 Å². The van der Waals surface area contributed by atoms with Crippen molar-refractivity contribution in [2.45, 2.75) is 39.2 Å². The summed E-state index contributed by atoms with van der Waals surface area (Å²) >= 11 is 0. The lowest BCUT2D eigenvalue weighted by Gasteiger charge is -2.50. The number of nitrogens with zero attached hydrogens (tertiary/aromatic N) is 4. The lowest BCUT2D eigenvalue weighted by Crippen LogP contribution is -2.23. The molecule has 11 aromatic carbocycles. The zero-order valence-electron chi connectivity index (χ0n) is 41.0. The minimum atomic E-state index is -2.08. The van der Waals surface area contributed by atoms with Gasteiger partial charge in [-0.1, -0.05) is 158 Å². The number of anilines is 6. The third kappa shape index (κ3) is 6.38. The largest absolute Gasteiger partial charge is 0.434 e. The van der Waals surface area contributed by atoms with Gasteiger partial charge in [0.2, 0.25) is 11.8 Å². The fourth-order valence-corrected chi connectivity index (χ4v) is 20.0. The van der Waals surface area contributed by atoms with E-state index in [9.17, 15) is 0 Å². The van der Waals surface area contributed by atoms with Gasteiger partial charge in [0.05, 0.1) is 22.7 Å². The van der Waals surface area contributed by atoms with Crippen molar-refractivity contribution in [1.82, 2.24) is 9.97 Å². The number of hydrogen-bond donors (Lipinski definition) is 0. The van der Waals surface area contributed by atoms with Crippen LogP contribution in [0.2, 0.25) is 0 Å². The fraction of sp³-hybridized carbons (Fsp3) is 0. The van der Waals surface area contributed by atoms with Crippen LogP contribution in [0.5, 0.6) is 0 Å². The Balaban J connectivity index is 1.10. The van der Waals surface area contributed by atoms with Crippen LogP contribution in [0.4, 0.5) is 34.1 Å². The lowest BCUT2D eigenvalue weighted by atomic mass is 10.1. The van der Waals surface area contributed by atoms with Gasteiger partial charge in [-0.3, -0.25) is 0 Å². The second-order valence-electron chi connectivity index (χ2n) is 18.8. The standard InChI is InChI=1S/C68H46N4O2S2/c1-7-27-47(28-8-1)67-69-61-63(71-53-39-19-23-43-57(53)75(49-31-11-3-12-32-49,50-33-13-4-14-34-50)58-44-24-20-40-54(58)71)66-62(70-68(74-66)48-29-9-2-10-30-48)64(65(61)73-67)72-55-41-21-25-45-59(55)76(51-35-15-5-16-36-51,52-37-17-6-18-38-52)60-46-26-22-42-56(60)72/h1-46H. The Bertz CT molecular complexity index is 3790. The Morgan fingerprint density at radius 1 is 0.263 bits per heavy atom. The summed E-state index contributed by atoms with van der Waals surface area (Å²) in [7, 11) is -4.17. The molecule has 0 spiro atoms. The minimum Gasteiger partial charge on any atom is -0.434 e. The molecule has 6 nitrogen and oxygen atoms in total. The normalized spacial score (nSPS) is 14.8. The van der Waals surface area contributed by atoms with E-state index < -0.39 is 20.1 Å². The Labute approximate surface area is 443 Å². The molecular formula is C68H46N4O2S2. The highest BCUT2D eigenvalue weighted by atomic mass is 32.3. The summed E-state index contributed by atoms with van der Waals surface area (Å²) in [5, 5.41) is 0. The van der Waals surface area contributed by atoms with Crippen molar-refractivity contribution in [3.63, 3.8) is 0 Å². The summed E-state index contributed by atoms with van der Waals surface area (Å²) in [4.78, 5) is 25.9. The molecule has 0 unspecified atom stereocenters. The van der Waals surface area contributed by atoms with Gasteiger partial charge in [0.1, 0.15) is 22.4 Å². The summed E-state index contributed by atoms with van der Waals surface area (Å²) in [6.45, 7) is 0. The molecule has 2 aliphatic heterocycles. The van der Waals surface area contributed by atoms with E-state index in [-0.39, 0.29) is 0 Å². The van der Waals surface area contributed by atoms with Crippen LogP contribution in [0, 0.1) is 0 Å². The molecule has 0 saturated heterocycles. The SMILES string of the molecule is c1ccc(-c2nc3c(N4c5ccccc5S(c5ccccc5)(c5ccccc5)c5ccccc54)c4oc(-c5ccccc5)nc4c(N4c5ccccc5S(c5ccccc5)(c5ccccc5)c5ccccc54)c3o2)cc1. The zero-order valence-corrected chi connectivity index (χ0v) is 42.6. The van der Waals surface area contributed by atoms with Crippen LogP contribution in [0.15, 0.2) is 327 Å². The first-order valence-corrected chi connectivity index (χ1v) is 28.7.